The van der Waals surface area contributed by atoms with Gasteiger partial charge in [-0.05, 0) is 0 Å². The van der Waals surface area contributed by atoms with E-state index in [1.54, 1.807) is 0 Å². The van der Waals surface area contributed by atoms with Crippen molar-refractivity contribution in [2.45, 2.75) is 0 Å². The number of nitrogens with one attached hydrogen (secondary N) is 1. The van der Waals surface area contributed by atoms with E-state index in [9.17, 15) is 14.7 Å². The van der Waals surface area contributed by atoms with Gasteiger partial charge >= 0.3 is 29.6 Å². The monoisotopic (exact) mass is 162 g/mol. The van der Waals surface area contributed by atoms with Gasteiger partial charge in [-0.3, -0.25) is 4.79 Å². The quantitative estimate of drug-likeness (QED) is 0.419. The molecule has 0 fully saturated rings. The molecule has 0 aromatic carbocycles. The molecule has 1 aromatic rings. The first-order valence-corrected chi connectivity index (χ1v) is 2.46. The van der Waals surface area contributed by atoms with Crippen LogP contribution >= 0.6 is 0 Å². The Kier molecular flexibility index (Phi) is 4.02. The Morgan fingerprint density at radius 3 is 2.64 bits per heavy atom. The molecule has 0 bridgehead atoms. The van der Waals surface area contributed by atoms with Crippen LogP contribution in [0.15, 0.2) is 17.2 Å². The molecule has 0 aliphatic heterocycles. The number of hydrogen-bond acceptors (Lipinski definition) is 4. The number of hydrogen-bond donors (Lipinski definition) is 1. The first kappa shape index (κ1) is 10.3. The molecular weight excluding hydrogens is 159 g/mol. The molecule has 6 heteroatoms. The molecule has 0 spiro atoms. The normalized spacial score (nSPS) is 8.36. The van der Waals surface area contributed by atoms with Crippen LogP contribution in [0.3, 0.4) is 0 Å². The number of carbonyl (C=O) groups is 1. The fourth-order valence-electron chi connectivity index (χ4n) is 0.480. The minimum absolute atomic E-state index is 0. The van der Waals surface area contributed by atoms with Crippen molar-refractivity contribution < 1.29 is 39.5 Å². The van der Waals surface area contributed by atoms with Gasteiger partial charge in [0.25, 0.3) is 5.56 Å². The maximum absolute atomic E-state index is 10.4. The summed E-state index contributed by atoms with van der Waals surface area (Å²) in [7, 11) is 0. The average Bonchev–Trinajstić information content (AvgIpc) is 1.88. The molecule has 5 nitrogen and oxygen atoms in total. The second-order valence-corrected chi connectivity index (χ2v) is 1.58. The fraction of sp³-hybridized carbons (Fsp3) is 0. The van der Waals surface area contributed by atoms with E-state index >= 15 is 0 Å². The van der Waals surface area contributed by atoms with Crippen LogP contribution in [-0.2, 0) is 0 Å². The molecule has 1 N–H and O–H groups in total. The van der Waals surface area contributed by atoms with Crippen molar-refractivity contribution in [3.63, 3.8) is 0 Å². The molecule has 1 aromatic heterocycles. The molecule has 0 aliphatic carbocycles. The van der Waals surface area contributed by atoms with Gasteiger partial charge < -0.3 is 14.9 Å². The van der Waals surface area contributed by atoms with Gasteiger partial charge in [-0.1, -0.05) is 0 Å². The van der Waals surface area contributed by atoms with Crippen molar-refractivity contribution in [3.05, 3.63) is 28.4 Å². The summed E-state index contributed by atoms with van der Waals surface area (Å²) in [5, 5.41) is 10.0. The van der Waals surface area contributed by atoms with Gasteiger partial charge in [-0.25, -0.2) is 4.98 Å². The molecule has 1 heterocycles. The van der Waals surface area contributed by atoms with Crippen molar-refractivity contribution in [2.75, 3.05) is 0 Å². The van der Waals surface area contributed by atoms with E-state index in [0.717, 1.165) is 12.4 Å². The number of carbonyl (C=O) groups excluding carboxylic acids is 1. The SMILES string of the molecule is O=C([O-])c1cc(=O)[nH]cn1.[Na+]. The van der Waals surface area contributed by atoms with Crippen LogP contribution in [0, 0.1) is 0 Å². The third-order valence-electron chi connectivity index (χ3n) is 0.887. The van der Waals surface area contributed by atoms with Crippen molar-refractivity contribution in [1.82, 2.24) is 9.97 Å². The number of aromatic carboxylic acids is 1. The number of aromatic nitrogens is 2. The molecule has 0 radical (unpaired) electrons. The Morgan fingerprint density at radius 1 is 1.64 bits per heavy atom. The van der Waals surface area contributed by atoms with Gasteiger partial charge in [0.15, 0.2) is 0 Å². The number of aromatic amines is 1. The summed E-state index contributed by atoms with van der Waals surface area (Å²) in [6.07, 6.45) is 1.01. The number of carboxylic acids is 1. The summed E-state index contributed by atoms with van der Waals surface area (Å²) in [6, 6.07) is 0.856. The molecular formula is C5H3N2NaO3. The predicted octanol–water partition coefficient (Wildman–Crippen LogP) is -4.86. The molecule has 0 saturated carbocycles. The second kappa shape index (κ2) is 4.27. The topological polar surface area (TPSA) is 85.9 Å². The van der Waals surface area contributed by atoms with Crippen molar-refractivity contribution in [2.24, 2.45) is 0 Å². The van der Waals surface area contributed by atoms with E-state index in [2.05, 4.69) is 9.97 Å². The summed E-state index contributed by atoms with van der Waals surface area (Å²) in [6.45, 7) is 0. The fourth-order valence-corrected chi connectivity index (χ4v) is 0.480. The van der Waals surface area contributed by atoms with E-state index in [1.165, 1.54) is 0 Å². The van der Waals surface area contributed by atoms with Gasteiger partial charge in [0.05, 0.1) is 18.0 Å². The maximum atomic E-state index is 10.4. The molecule has 0 aliphatic rings. The standard InChI is InChI=1S/C5H4N2O3.Na/c8-4-1-3(5(9)10)6-2-7-4;/h1-2H,(H,9,10)(H,6,7,8);/q;+1/p-1. The zero-order valence-electron chi connectivity index (χ0n) is 5.83. The van der Waals surface area contributed by atoms with Gasteiger partial charge in [0.2, 0.25) is 0 Å². The third kappa shape index (κ3) is 2.83. The van der Waals surface area contributed by atoms with E-state index in [-0.39, 0.29) is 35.3 Å². The van der Waals surface area contributed by atoms with Gasteiger partial charge in [-0.15, -0.1) is 0 Å². The summed E-state index contributed by atoms with van der Waals surface area (Å²) >= 11 is 0. The third-order valence-corrected chi connectivity index (χ3v) is 0.887. The Morgan fingerprint density at radius 2 is 2.27 bits per heavy atom. The molecule has 1 rings (SSSR count). The minimum Gasteiger partial charge on any atom is -0.543 e. The number of nitrogens with zero attached hydrogens (tertiary/aromatic N) is 1. The predicted molar refractivity (Wildman–Crippen MR) is 29.2 cm³/mol. The Bertz CT molecular complexity index is 309. The number of carboxylic acid groups (broad SMARTS) is 1. The number of rotatable bonds is 1. The smallest absolute Gasteiger partial charge is 0.543 e. The Labute approximate surface area is 83.8 Å². The molecule has 0 amide bonds. The van der Waals surface area contributed by atoms with Gasteiger partial charge in [0.1, 0.15) is 0 Å². The van der Waals surface area contributed by atoms with Crippen LogP contribution in [0.4, 0.5) is 0 Å². The largest absolute Gasteiger partial charge is 1.00 e. The first-order valence-electron chi connectivity index (χ1n) is 2.46. The van der Waals surface area contributed by atoms with E-state index in [0.29, 0.717) is 0 Å². The first-order chi connectivity index (χ1) is 4.70. The number of H-pyrrole nitrogens is 1. The Hall–Kier alpha value is -0.650. The van der Waals surface area contributed by atoms with Crippen LogP contribution in [0.5, 0.6) is 0 Å². The zero-order valence-corrected chi connectivity index (χ0v) is 7.83. The summed E-state index contributed by atoms with van der Waals surface area (Å²) in [5.74, 6) is -1.45. The van der Waals surface area contributed by atoms with Crippen molar-refractivity contribution in [3.8, 4) is 0 Å². The van der Waals surface area contributed by atoms with Crippen molar-refractivity contribution >= 4 is 5.97 Å². The van der Waals surface area contributed by atoms with Crippen LogP contribution in [0.25, 0.3) is 0 Å². The Balaban J connectivity index is 0.000001000. The average molecular weight is 162 g/mol. The van der Waals surface area contributed by atoms with E-state index in [1.807, 2.05) is 0 Å². The summed E-state index contributed by atoms with van der Waals surface area (Å²) < 4.78 is 0. The van der Waals surface area contributed by atoms with Crippen LogP contribution in [0.2, 0.25) is 0 Å². The van der Waals surface area contributed by atoms with E-state index < -0.39 is 11.5 Å². The molecule has 52 valence electrons. The summed E-state index contributed by atoms with van der Waals surface area (Å²) in [4.78, 5) is 25.9. The molecule has 0 atom stereocenters. The van der Waals surface area contributed by atoms with Crippen LogP contribution in [0.1, 0.15) is 10.5 Å². The maximum Gasteiger partial charge on any atom is 1.00 e. The van der Waals surface area contributed by atoms with Crippen LogP contribution in [-0.4, -0.2) is 15.9 Å². The minimum atomic E-state index is -1.45. The van der Waals surface area contributed by atoms with Crippen molar-refractivity contribution in [1.29, 1.82) is 0 Å². The van der Waals surface area contributed by atoms with Gasteiger partial charge in [-0.2, -0.15) is 0 Å². The second-order valence-electron chi connectivity index (χ2n) is 1.58. The molecule has 0 saturated heterocycles. The van der Waals surface area contributed by atoms with Crippen LogP contribution < -0.4 is 40.2 Å². The van der Waals surface area contributed by atoms with E-state index in [4.69, 9.17) is 0 Å². The van der Waals surface area contributed by atoms with Gasteiger partial charge in [0, 0.05) is 6.07 Å². The zero-order chi connectivity index (χ0) is 7.56. The molecule has 11 heavy (non-hydrogen) atoms. The molecule has 0 unspecified atom stereocenters. The summed E-state index contributed by atoms with van der Waals surface area (Å²) in [5.41, 5.74) is -0.863.